The van der Waals surface area contributed by atoms with E-state index in [-0.39, 0.29) is 24.1 Å². The summed E-state index contributed by atoms with van der Waals surface area (Å²) in [6.45, 7) is 8.89. The van der Waals surface area contributed by atoms with Gasteiger partial charge in [0, 0.05) is 29.4 Å². The number of likely N-dealkylation sites (tertiary alicyclic amines) is 1. The Morgan fingerprint density at radius 1 is 1.03 bits per heavy atom. The van der Waals surface area contributed by atoms with Crippen LogP contribution in [0.1, 0.15) is 61.4 Å². The van der Waals surface area contributed by atoms with Crippen LogP contribution in [-0.4, -0.2) is 39.9 Å². The average molecular weight is 542 g/mol. The molecule has 3 heterocycles. The molecule has 0 aliphatic carbocycles. The van der Waals surface area contributed by atoms with Gasteiger partial charge in [-0.1, -0.05) is 30.3 Å². The molecule has 2 atom stereocenters. The van der Waals surface area contributed by atoms with E-state index in [1.165, 1.54) is 12.1 Å². The summed E-state index contributed by atoms with van der Waals surface area (Å²) in [5.41, 5.74) is -0.276. The highest BCUT2D eigenvalue weighted by molar-refractivity contribution is 6.03. The topological polar surface area (TPSA) is 61.4 Å². The molecule has 0 radical (unpaired) electrons. The minimum Gasteiger partial charge on any atom is -0.363 e. The van der Waals surface area contributed by atoms with Crippen LogP contribution < -0.4 is 10.2 Å². The van der Waals surface area contributed by atoms with E-state index in [4.69, 9.17) is 4.98 Å². The second-order valence-electron chi connectivity index (χ2n) is 10.6. The van der Waals surface area contributed by atoms with E-state index in [1.807, 2.05) is 30.3 Å². The minimum atomic E-state index is -4.81. The number of amides is 1. The smallest absolute Gasteiger partial charge is 0.363 e. The van der Waals surface area contributed by atoms with Gasteiger partial charge in [0.05, 0.1) is 23.8 Å². The van der Waals surface area contributed by atoms with Crippen LogP contribution in [0.25, 0.3) is 0 Å². The van der Waals surface area contributed by atoms with E-state index >= 15 is 0 Å². The largest absolute Gasteiger partial charge is 0.419 e. The molecule has 1 unspecified atom stereocenters. The van der Waals surface area contributed by atoms with Crippen LogP contribution in [0.3, 0.4) is 0 Å². The van der Waals surface area contributed by atoms with Crippen molar-refractivity contribution in [2.24, 2.45) is 0 Å². The Kier molecular flexibility index (Phi) is 6.86. The molecule has 1 amide bonds. The lowest BCUT2D eigenvalue weighted by Gasteiger charge is -2.41. The van der Waals surface area contributed by atoms with Crippen LogP contribution in [0.2, 0.25) is 0 Å². The maximum absolute atomic E-state index is 15.0. The number of para-hydroxylation sites is 1. The molecule has 0 saturated carbocycles. The molecule has 1 spiro atoms. The van der Waals surface area contributed by atoms with Crippen molar-refractivity contribution in [3.63, 3.8) is 0 Å². The van der Waals surface area contributed by atoms with Gasteiger partial charge >= 0.3 is 6.18 Å². The summed E-state index contributed by atoms with van der Waals surface area (Å²) in [6, 6.07) is 12.0. The number of benzene rings is 2. The summed E-state index contributed by atoms with van der Waals surface area (Å²) in [5, 5.41) is 3.16. The first-order valence-corrected chi connectivity index (χ1v) is 13.0. The average Bonchev–Trinajstić information content (AvgIpc) is 3.33. The molecule has 1 N–H and O–H groups in total. The van der Waals surface area contributed by atoms with Crippen LogP contribution in [0.15, 0.2) is 48.5 Å². The van der Waals surface area contributed by atoms with Gasteiger partial charge in [0.1, 0.15) is 22.9 Å². The predicted octanol–water partition coefficient (Wildman–Crippen LogP) is 6.01. The fourth-order valence-electron chi connectivity index (χ4n) is 5.70. The first kappa shape index (κ1) is 27.1. The lowest BCUT2D eigenvalue weighted by atomic mass is 9.76. The van der Waals surface area contributed by atoms with Gasteiger partial charge in [-0.25, -0.2) is 14.4 Å². The van der Waals surface area contributed by atoms with Crippen LogP contribution >= 0.6 is 0 Å². The first-order chi connectivity index (χ1) is 18.4. The normalized spacial score (nSPS) is 20.5. The molecule has 3 aromatic rings. The Labute approximate surface area is 225 Å². The fourth-order valence-corrected chi connectivity index (χ4v) is 5.70. The Morgan fingerprint density at radius 3 is 2.38 bits per heavy atom. The van der Waals surface area contributed by atoms with Crippen molar-refractivity contribution in [3.05, 3.63) is 82.6 Å². The maximum Gasteiger partial charge on any atom is 0.419 e. The van der Waals surface area contributed by atoms with Crippen molar-refractivity contribution >= 4 is 17.4 Å². The zero-order chi connectivity index (χ0) is 28.1. The summed E-state index contributed by atoms with van der Waals surface area (Å²) >= 11 is 0. The van der Waals surface area contributed by atoms with Crippen molar-refractivity contribution in [1.82, 2.24) is 14.9 Å². The summed E-state index contributed by atoms with van der Waals surface area (Å²) in [7, 11) is 0. The monoisotopic (exact) mass is 541 g/mol. The number of nitrogens with zero attached hydrogens (tertiary/aromatic N) is 4. The number of alkyl halides is 3. The number of aryl methyl sites for hydroxylation is 1. The van der Waals surface area contributed by atoms with Crippen LogP contribution in [-0.2, 0) is 22.9 Å². The summed E-state index contributed by atoms with van der Waals surface area (Å²) in [6.07, 6.45) is -4.23. The van der Waals surface area contributed by atoms with Crippen LogP contribution in [0, 0.1) is 12.7 Å². The van der Waals surface area contributed by atoms with Gasteiger partial charge in [-0.15, -0.1) is 0 Å². The number of hydrogen-bond donors (Lipinski definition) is 1. The molecule has 1 saturated heterocycles. The number of carbonyl (C=O) groups excluding carboxylic acids is 1. The summed E-state index contributed by atoms with van der Waals surface area (Å²) < 4.78 is 55.1. The number of aromatic nitrogens is 2. The van der Waals surface area contributed by atoms with E-state index in [9.17, 15) is 22.4 Å². The molecular weight excluding hydrogens is 510 g/mol. The van der Waals surface area contributed by atoms with E-state index in [2.05, 4.69) is 29.0 Å². The Balaban J connectivity index is 1.61. The molecule has 2 aliphatic heterocycles. The quantitative estimate of drug-likeness (QED) is 0.401. The van der Waals surface area contributed by atoms with Crippen molar-refractivity contribution in [1.29, 1.82) is 0 Å². The molecule has 39 heavy (non-hydrogen) atoms. The lowest BCUT2D eigenvalue weighted by Crippen LogP contribution is -2.54. The van der Waals surface area contributed by atoms with Crippen molar-refractivity contribution in [3.8, 4) is 0 Å². The number of rotatable bonds is 5. The molecule has 6 nitrogen and oxygen atoms in total. The van der Waals surface area contributed by atoms with Crippen molar-refractivity contribution in [2.45, 2.75) is 64.3 Å². The van der Waals surface area contributed by atoms with E-state index in [1.54, 1.807) is 18.7 Å². The molecule has 206 valence electrons. The number of halogens is 4. The highest BCUT2D eigenvalue weighted by atomic mass is 19.4. The van der Waals surface area contributed by atoms with Gasteiger partial charge in [-0.05, 0) is 58.9 Å². The van der Waals surface area contributed by atoms with Gasteiger partial charge in [0.2, 0.25) is 5.91 Å². The Bertz CT molecular complexity index is 1390. The van der Waals surface area contributed by atoms with Crippen LogP contribution in [0.4, 0.5) is 29.1 Å². The van der Waals surface area contributed by atoms with E-state index in [0.29, 0.717) is 35.9 Å². The Hall–Kier alpha value is -3.53. The number of carbonyl (C=O) groups is 1. The molecule has 10 heteroatoms. The van der Waals surface area contributed by atoms with Crippen LogP contribution in [0.5, 0.6) is 0 Å². The third-order valence-corrected chi connectivity index (χ3v) is 7.79. The van der Waals surface area contributed by atoms with E-state index < -0.39 is 29.0 Å². The summed E-state index contributed by atoms with van der Waals surface area (Å²) in [4.78, 5) is 27.5. The van der Waals surface area contributed by atoms with Crippen molar-refractivity contribution in [2.75, 3.05) is 23.3 Å². The molecule has 2 aliphatic rings. The zero-order valence-corrected chi connectivity index (χ0v) is 22.3. The van der Waals surface area contributed by atoms with Gasteiger partial charge < -0.3 is 10.2 Å². The molecule has 1 aromatic heterocycles. The van der Waals surface area contributed by atoms with Gasteiger partial charge in [-0.2, -0.15) is 13.2 Å². The lowest BCUT2D eigenvalue weighted by molar-refractivity contribution is -0.140. The fraction of sp³-hybridized carbons (Fsp3) is 0.414. The number of fused-ring (bicyclic) bond motifs is 2. The van der Waals surface area contributed by atoms with Gasteiger partial charge in [0.15, 0.2) is 0 Å². The highest BCUT2D eigenvalue weighted by Gasteiger charge is 2.54. The maximum atomic E-state index is 15.0. The predicted molar refractivity (Wildman–Crippen MR) is 141 cm³/mol. The molecule has 0 bridgehead atoms. The minimum absolute atomic E-state index is 0.0367. The van der Waals surface area contributed by atoms with E-state index in [0.717, 1.165) is 18.3 Å². The second kappa shape index (κ2) is 9.89. The van der Waals surface area contributed by atoms with Gasteiger partial charge in [-0.3, -0.25) is 9.69 Å². The highest BCUT2D eigenvalue weighted by Crippen LogP contribution is 2.45. The molecule has 1 fully saturated rings. The first-order valence-electron chi connectivity index (χ1n) is 13.0. The molecule has 2 aromatic carbocycles. The van der Waals surface area contributed by atoms with Crippen molar-refractivity contribution < 1.29 is 22.4 Å². The zero-order valence-electron chi connectivity index (χ0n) is 22.3. The Morgan fingerprint density at radius 2 is 1.74 bits per heavy atom. The second-order valence-corrected chi connectivity index (χ2v) is 10.6. The third-order valence-electron chi connectivity index (χ3n) is 7.79. The molecular formula is C29H31F4N5O. The number of nitrogens with one attached hydrogen (secondary N) is 1. The van der Waals surface area contributed by atoms with Gasteiger partial charge in [0.25, 0.3) is 0 Å². The molecule has 5 rings (SSSR count). The standard InChI is InChI=1S/C29H31F4N5O/c1-17(2)37-14-13-28(16-37)25-22(15-38(27(28)39)20-9-6-5-7-10-20)26(36-19(4)35-25)34-18(3)21-11-8-12-23(24(21)30)29(31,32)33/h5-12,17-18H,13-16H2,1-4H3,(H,34,35,36)/t18-,28?/m1/s1. The number of anilines is 2. The number of hydrogen-bond acceptors (Lipinski definition) is 5. The SMILES string of the molecule is Cc1nc(N[C@H](C)c2cccc(C(F)(F)F)c2F)c2c(n1)C1(CCN(C(C)C)C1)C(=O)N(c1ccccc1)C2. The summed E-state index contributed by atoms with van der Waals surface area (Å²) in [5.74, 6) is -0.537. The third kappa shape index (κ3) is 4.75.